The highest BCUT2D eigenvalue weighted by Gasteiger charge is 2.09. The van der Waals surface area contributed by atoms with Gasteiger partial charge in [-0.15, -0.1) is 0 Å². The summed E-state index contributed by atoms with van der Waals surface area (Å²) in [5.41, 5.74) is 1.36. The number of carbonyl (C=O) groups excluding carboxylic acids is 1. The van der Waals surface area contributed by atoms with Crippen LogP contribution in [0.3, 0.4) is 0 Å². The van der Waals surface area contributed by atoms with E-state index >= 15 is 0 Å². The molecule has 0 radical (unpaired) electrons. The maximum Gasteiger partial charge on any atom is 0.163 e. The largest absolute Gasteiger partial charge is 0.490 e. The van der Waals surface area contributed by atoms with E-state index in [4.69, 9.17) is 9.47 Å². The van der Waals surface area contributed by atoms with Crippen LogP contribution in [0.2, 0.25) is 0 Å². The van der Waals surface area contributed by atoms with Gasteiger partial charge in [-0.3, -0.25) is 4.79 Å². The lowest BCUT2D eigenvalue weighted by atomic mass is 10.1. The molecule has 2 aromatic carbocycles. The highest BCUT2D eigenvalue weighted by Crippen LogP contribution is 2.20. The fourth-order valence-corrected chi connectivity index (χ4v) is 1.92. The summed E-state index contributed by atoms with van der Waals surface area (Å²) >= 11 is 0. The molecule has 0 amide bonds. The summed E-state index contributed by atoms with van der Waals surface area (Å²) in [4.78, 5) is 11.4. The van der Waals surface area contributed by atoms with Crippen molar-refractivity contribution in [2.75, 3.05) is 13.2 Å². The fourth-order valence-electron chi connectivity index (χ4n) is 1.92. The maximum absolute atomic E-state index is 13.1. The summed E-state index contributed by atoms with van der Waals surface area (Å²) in [5, 5.41) is 0. The summed E-state index contributed by atoms with van der Waals surface area (Å²) in [7, 11) is 0. The SMILES string of the molecule is CC(=O)c1cc(F)ccc1OCCOc1cccc(C)c1. The molecule has 0 heterocycles. The zero-order chi connectivity index (χ0) is 15.2. The van der Waals surface area contributed by atoms with Crippen LogP contribution in [0.1, 0.15) is 22.8 Å². The van der Waals surface area contributed by atoms with Crippen molar-refractivity contribution >= 4 is 5.78 Å². The molecular formula is C17H17FO3. The fraction of sp³-hybridized carbons (Fsp3) is 0.235. The Morgan fingerprint density at radius 2 is 1.86 bits per heavy atom. The van der Waals surface area contributed by atoms with E-state index in [9.17, 15) is 9.18 Å². The van der Waals surface area contributed by atoms with E-state index in [2.05, 4.69) is 0 Å². The first-order valence-corrected chi connectivity index (χ1v) is 6.69. The van der Waals surface area contributed by atoms with Crippen molar-refractivity contribution < 1.29 is 18.7 Å². The molecule has 0 spiro atoms. The lowest BCUT2D eigenvalue weighted by Crippen LogP contribution is -2.11. The molecule has 3 nitrogen and oxygen atoms in total. The zero-order valence-corrected chi connectivity index (χ0v) is 12.1. The number of hydrogen-bond donors (Lipinski definition) is 0. The summed E-state index contributed by atoms with van der Waals surface area (Å²) < 4.78 is 24.2. The van der Waals surface area contributed by atoms with E-state index in [1.807, 2.05) is 31.2 Å². The summed E-state index contributed by atoms with van der Waals surface area (Å²) in [6.45, 7) is 3.99. The number of rotatable bonds is 6. The Morgan fingerprint density at radius 3 is 2.57 bits per heavy atom. The van der Waals surface area contributed by atoms with Gasteiger partial charge in [0.25, 0.3) is 0 Å². The predicted molar refractivity (Wildman–Crippen MR) is 78.6 cm³/mol. The van der Waals surface area contributed by atoms with Gasteiger partial charge in [0.15, 0.2) is 5.78 Å². The van der Waals surface area contributed by atoms with Crippen LogP contribution in [0.5, 0.6) is 11.5 Å². The monoisotopic (exact) mass is 288 g/mol. The van der Waals surface area contributed by atoms with Crippen molar-refractivity contribution in [1.29, 1.82) is 0 Å². The second-order valence-electron chi connectivity index (χ2n) is 4.71. The molecule has 0 saturated heterocycles. The van der Waals surface area contributed by atoms with Crippen molar-refractivity contribution in [2.45, 2.75) is 13.8 Å². The van der Waals surface area contributed by atoms with Gasteiger partial charge in [-0.25, -0.2) is 4.39 Å². The molecular weight excluding hydrogens is 271 g/mol. The number of ketones is 1. The minimum atomic E-state index is -0.455. The van der Waals surface area contributed by atoms with E-state index in [0.717, 1.165) is 11.3 Å². The van der Waals surface area contributed by atoms with Gasteiger partial charge in [-0.05, 0) is 49.7 Å². The van der Waals surface area contributed by atoms with Crippen LogP contribution < -0.4 is 9.47 Å². The van der Waals surface area contributed by atoms with Gasteiger partial charge < -0.3 is 9.47 Å². The van der Waals surface area contributed by atoms with Gasteiger partial charge in [-0.2, -0.15) is 0 Å². The van der Waals surface area contributed by atoms with E-state index in [-0.39, 0.29) is 18.0 Å². The highest BCUT2D eigenvalue weighted by molar-refractivity contribution is 5.96. The number of halogens is 1. The van der Waals surface area contributed by atoms with E-state index in [1.165, 1.54) is 25.1 Å². The number of Topliss-reactive ketones (excluding diaryl/α,β-unsaturated/α-hetero) is 1. The third kappa shape index (κ3) is 4.31. The van der Waals surface area contributed by atoms with Gasteiger partial charge in [0.1, 0.15) is 30.5 Å². The van der Waals surface area contributed by atoms with Crippen LogP contribution >= 0.6 is 0 Å². The molecule has 0 aliphatic carbocycles. The first-order chi connectivity index (χ1) is 10.1. The van der Waals surface area contributed by atoms with Crippen molar-refractivity contribution in [1.82, 2.24) is 0 Å². The van der Waals surface area contributed by atoms with Crippen LogP contribution in [0.25, 0.3) is 0 Å². The molecule has 0 N–H and O–H groups in total. The summed E-state index contributed by atoms with van der Waals surface area (Å²) in [5.74, 6) is 0.453. The molecule has 0 saturated carbocycles. The third-order valence-electron chi connectivity index (χ3n) is 2.92. The highest BCUT2D eigenvalue weighted by atomic mass is 19.1. The van der Waals surface area contributed by atoms with E-state index in [1.54, 1.807) is 0 Å². The molecule has 0 aliphatic heterocycles. The predicted octanol–water partition coefficient (Wildman–Crippen LogP) is 3.79. The number of aryl methyl sites for hydroxylation is 1. The summed E-state index contributed by atoms with van der Waals surface area (Å²) in [6.07, 6.45) is 0. The molecule has 0 aromatic heterocycles. The topological polar surface area (TPSA) is 35.5 Å². The molecule has 0 bridgehead atoms. The van der Waals surface area contributed by atoms with Crippen LogP contribution in [-0.4, -0.2) is 19.0 Å². The van der Waals surface area contributed by atoms with E-state index in [0.29, 0.717) is 12.4 Å². The minimum Gasteiger partial charge on any atom is -0.490 e. The number of ether oxygens (including phenoxy) is 2. The van der Waals surface area contributed by atoms with Crippen molar-refractivity contribution in [3.05, 3.63) is 59.4 Å². The Bertz CT molecular complexity index is 638. The van der Waals surface area contributed by atoms with Gasteiger partial charge in [0.2, 0.25) is 0 Å². The first-order valence-electron chi connectivity index (χ1n) is 6.69. The van der Waals surface area contributed by atoms with Crippen LogP contribution in [0.15, 0.2) is 42.5 Å². The molecule has 110 valence electrons. The zero-order valence-electron chi connectivity index (χ0n) is 12.1. The van der Waals surface area contributed by atoms with Crippen molar-refractivity contribution in [3.8, 4) is 11.5 Å². The quantitative estimate of drug-likeness (QED) is 0.599. The van der Waals surface area contributed by atoms with E-state index < -0.39 is 5.82 Å². The molecule has 0 aliphatic rings. The Labute approximate surface area is 123 Å². The normalized spacial score (nSPS) is 10.2. The minimum absolute atomic E-state index is 0.232. The number of hydrogen-bond acceptors (Lipinski definition) is 3. The Balaban J connectivity index is 1.90. The van der Waals surface area contributed by atoms with Gasteiger partial charge in [0, 0.05) is 0 Å². The van der Waals surface area contributed by atoms with Gasteiger partial charge >= 0.3 is 0 Å². The Hall–Kier alpha value is -2.36. The standard InChI is InChI=1S/C17H17FO3/c1-12-4-3-5-15(10-12)20-8-9-21-17-7-6-14(18)11-16(17)13(2)19/h3-7,10-11H,8-9H2,1-2H3. The smallest absolute Gasteiger partial charge is 0.163 e. The number of benzene rings is 2. The second-order valence-corrected chi connectivity index (χ2v) is 4.71. The van der Waals surface area contributed by atoms with Crippen molar-refractivity contribution in [2.24, 2.45) is 0 Å². The average molecular weight is 288 g/mol. The maximum atomic E-state index is 13.1. The van der Waals surface area contributed by atoms with Crippen LogP contribution in [-0.2, 0) is 0 Å². The Morgan fingerprint density at radius 1 is 1.10 bits per heavy atom. The molecule has 0 atom stereocenters. The molecule has 2 rings (SSSR count). The van der Waals surface area contributed by atoms with Crippen molar-refractivity contribution in [3.63, 3.8) is 0 Å². The molecule has 21 heavy (non-hydrogen) atoms. The first kappa shape index (κ1) is 15.0. The second kappa shape index (κ2) is 6.88. The Kier molecular flexibility index (Phi) is 4.93. The number of carbonyl (C=O) groups is 1. The van der Waals surface area contributed by atoms with Crippen LogP contribution in [0, 0.1) is 12.7 Å². The van der Waals surface area contributed by atoms with Crippen LogP contribution in [0.4, 0.5) is 4.39 Å². The molecule has 0 fully saturated rings. The lowest BCUT2D eigenvalue weighted by Gasteiger charge is -2.11. The lowest BCUT2D eigenvalue weighted by molar-refractivity contribution is 0.101. The summed E-state index contributed by atoms with van der Waals surface area (Å²) in [6, 6.07) is 11.6. The molecule has 0 unspecified atom stereocenters. The average Bonchev–Trinajstić information content (AvgIpc) is 2.44. The molecule has 2 aromatic rings. The third-order valence-corrected chi connectivity index (χ3v) is 2.92. The van der Waals surface area contributed by atoms with Gasteiger partial charge in [-0.1, -0.05) is 12.1 Å². The van der Waals surface area contributed by atoms with Gasteiger partial charge in [0.05, 0.1) is 5.56 Å². The molecule has 4 heteroatoms.